The van der Waals surface area contributed by atoms with Crippen LogP contribution < -0.4 is 20.9 Å². The second-order valence-electron chi connectivity index (χ2n) is 7.59. The van der Waals surface area contributed by atoms with Gasteiger partial charge in [-0.15, -0.1) is 13.2 Å². The van der Waals surface area contributed by atoms with E-state index in [4.69, 9.17) is 12.2 Å². The third kappa shape index (κ3) is 8.11. The van der Waals surface area contributed by atoms with Gasteiger partial charge in [-0.2, -0.15) is 10.2 Å². The van der Waals surface area contributed by atoms with Crippen LogP contribution in [0.4, 0.5) is 24.5 Å². The fourth-order valence-corrected chi connectivity index (χ4v) is 3.23. The molecule has 3 aromatic rings. The molecule has 0 bridgehead atoms. The fraction of sp³-hybridized carbons (Fsp3) is 0.160. The fourth-order valence-electron chi connectivity index (χ4n) is 3.07. The summed E-state index contributed by atoms with van der Waals surface area (Å²) in [4.78, 5) is 0. The highest BCUT2D eigenvalue weighted by Crippen LogP contribution is 2.23. The minimum Gasteiger partial charge on any atom is -0.406 e. The van der Waals surface area contributed by atoms with Crippen LogP contribution in [0.3, 0.4) is 0 Å². The van der Waals surface area contributed by atoms with Crippen LogP contribution in [0.5, 0.6) is 5.75 Å². The summed E-state index contributed by atoms with van der Waals surface area (Å²) in [7, 11) is 0. The summed E-state index contributed by atoms with van der Waals surface area (Å²) in [5.74, 6) is -0.282. The van der Waals surface area contributed by atoms with E-state index in [0.29, 0.717) is 16.4 Å². The van der Waals surface area contributed by atoms with Gasteiger partial charge in [-0.25, -0.2) is 0 Å². The van der Waals surface area contributed by atoms with Gasteiger partial charge in [0.1, 0.15) is 5.75 Å². The number of hydrogen-bond acceptors (Lipinski definition) is 5. The second-order valence-corrected chi connectivity index (χ2v) is 8.00. The van der Waals surface area contributed by atoms with Crippen molar-refractivity contribution in [3.05, 3.63) is 89.0 Å². The summed E-state index contributed by atoms with van der Waals surface area (Å²) in [6.07, 6.45) is -3.08. The molecule has 0 aromatic heterocycles. The molecule has 0 heterocycles. The molecule has 0 amide bonds. The topological polar surface area (TPSA) is 70.0 Å². The monoisotopic (exact) mass is 499 g/mol. The minimum absolute atomic E-state index is 0.282. The number of nitrogens with zero attached hydrogens (tertiary/aromatic N) is 2. The maximum absolute atomic E-state index is 12.3. The Morgan fingerprint density at radius 3 is 2.17 bits per heavy atom. The number of thiocarbonyl (C=S) groups is 1. The number of hydrogen-bond donors (Lipinski definition) is 3. The molecule has 3 aromatic carbocycles. The van der Waals surface area contributed by atoms with Gasteiger partial charge in [-0.05, 0) is 91.6 Å². The largest absolute Gasteiger partial charge is 0.573 e. The van der Waals surface area contributed by atoms with Crippen molar-refractivity contribution < 1.29 is 17.9 Å². The lowest BCUT2D eigenvalue weighted by Gasteiger charge is -2.12. The highest BCUT2D eigenvalue weighted by molar-refractivity contribution is 7.80. The minimum atomic E-state index is -4.72. The first-order chi connectivity index (χ1) is 16.6. The zero-order valence-corrected chi connectivity index (χ0v) is 20.1. The molecular weight excluding hydrogens is 475 g/mol. The summed E-state index contributed by atoms with van der Waals surface area (Å²) in [5.41, 5.74) is 11.7. The van der Waals surface area contributed by atoms with Crippen LogP contribution in [-0.2, 0) is 0 Å². The average molecular weight is 500 g/mol. The van der Waals surface area contributed by atoms with Gasteiger partial charge in [0.25, 0.3) is 0 Å². The normalized spacial score (nSPS) is 11.9. The average Bonchev–Trinajstić information content (AvgIpc) is 2.80. The van der Waals surface area contributed by atoms with E-state index in [9.17, 15) is 13.2 Å². The number of hydrazone groups is 2. The van der Waals surface area contributed by atoms with Gasteiger partial charge in [0, 0.05) is 5.69 Å². The predicted molar refractivity (Wildman–Crippen MR) is 138 cm³/mol. The molecule has 6 nitrogen and oxygen atoms in total. The smallest absolute Gasteiger partial charge is 0.406 e. The highest BCUT2D eigenvalue weighted by Gasteiger charge is 2.30. The van der Waals surface area contributed by atoms with Crippen LogP contribution in [0.15, 0.2) is 76.9 Å². The van der Waals surface area contributed by atoms with Crippen molar-refractivity contribution in [2.45, 2.75) is 27.1 Å². The summed E-state index contributed by atoms with van der Waals surface area (Å²) in [6, 6.07) is 18.9. The SMILES string of the molecule is C/C(=N\Nc1ccc(/C=N/NC(=S)Nc2c(C)cccc2C)cc1)c1ccc(OC(F)(F)F)cc1. The Kier molecular flexibility index (Phi) is 8.43. The molecule has 0 atom stereocenters. The zero-order chi connectivity index (χ0) is 25.4. The van der Waals surface area contributed by atoms with E-state index in [2.05, 4.69) is 31.1 Å². The van der Waals surface area contributed by atoms with Gasteiger partial charge < -0.3 is 10.1 Å². The third-order valence-electron chi connectivity index (χ3n) is 4.87. The standard InChI is InChI=1S/C25H24F3N5OS/c1-16-5-4-6-17(2)23(16)30-24(35)33-29-15-19-7-11-21(12-8-19)32-31-18(3)20-9-13-22(14-10-20)34-25(26,27)28/h4-15,32H,1-3H3,(H2,30,33,35)/b29-15+,31-18+. The van der Waals surface area contributed by atoms with Crippen LogP contribution >= 0.6 is 12.2 Å². The molecule has 3 N–H and O–H groups in total. The first kappa shape index (κ1) is 25.7. The summed E-state index contributed by atoms with van der Waals surface area (Å²) < 4.78 is 40.7. The van der Waals surface area contributed by atoms with Gasteiger partial charge in [-0.1, -0.05) is 30.3 Å². The number of rotatable bonds is 7. The van der Waals surface area contributed by atoms with Crippen molar-refractivity contribution in [3.63, 3.8) is 0 Å². The van der Waals surface area contributed by atoms with Gasteiger partial charge in [0.15, 0.2) is 5.11 Å². The maximum Gasteiger partial charge on any atom is 0.573 e. The Morgan fingerprint density at radius 2 is 1.57 bits per heavy atom. The lowest BCUT2D eigenvalue weighted by atomic mass is 10.1. The highest BCUT2D eigenvalue weighted by atomic mass is 32.1. The van der Waals surface area contributed by atoms with E-state index in [-0.39, 0.29) is 5.75 Å². The molecule has 182 valence electrons. The number of halogens is 3. The van der Waals surface area contributed by atoms with Crippen molar-refractivity contribution >= 4 is 40.6 Å². The Balaban J connectivity index is 1.51. The van der Waals surface area contributed by atoms with Crippen LogP contribution in [-0.4, -0.2) is 23.4 Å². The molecule has 0 radical (unpaired) electrons. The predicted octanol–water partition coefficient (Wildman–Crippen LogP) is 6.36. The molecule has 0 aliphatic rings. The summed E-state index contributed by atoms with van der Waals surface area (Å²) in [6.45, 7) is 5.76. The molecule has 0 aliphatic carbocycles. The molecule has 0 unspecified atom stereocenters. The quantitative estimate of drug-likeness (QED) is 0.201. The number of nitrogens with one attached hydrogen (secondary N) is 3. The second kappa shape index (κ2) is 11.5. The van der Waals surface area contributed by atoms with Gasteiger partial charge >= 0.3 is 6.36 Å². The molecule has 3 rings (SSSR count). The van der Waals surface area contributed by atoms with E-state index in [1.165, 1.54) is 24.3 Å². The molecule has 0 fully saturated rings. The molecule has 0 saturated carbocycles. The lowest BCUT2D eigenvalue weighted by molar-refractivity contribution is -0.274. The number of anilines is 2. The number of ether oxygens (including phenoxy) is 1. The van der Waals surface area contributed by atoms with Crippen molar-refractivity contribution in [1.82, 2.24) is 5.43 Å². The Hall–Kier alpha value is -3.92. The first-order valence-electron chi connectivity index (χ1n) is 10.5. The number of benzene rings is 3. The number of alkyl halides is 3. The van der Waals surface area contributed by atoms with Crippen molar-refractivity contribution in [3.8, 4) is 5.75 Å². The van der Waals surface area contributed by atoms with E-state index in [1.54, 1.807) is 13.1 Å². The maximum atomic E-state index is 12.3. The van der Waals surface area contributed by atoms with Gasteiger partial charge in [0.05, 0.1) is 17.6 Å². The Bertz CT molecular complexity index is 1200. The zero-order valence-electron chi connectivity index (χ0n) is 19.3. The number of aryl methyl sites for hydroxylation is 2. The molecule has 35 heavy (non-hydrogen) atoms. The van der Waals surface area contributed by atoms with Gasteiger partial charge in [-0.3, -0.25) is 10.9 Å². The van der Waals surface area contributed by atoms with Crippen molar-refractivity contribution in [2.75, 3.05) is 10.7 Å². The van der Waals surface area contributed by atoms with Crippen LogP contribution in [0.1, 0.15) is 29.2 Å². The molecule has 0 aliphatic heterocycles. The Labute approximate surface area is 206 Å². The van der Waals surface area contributed by atoms with E-state index < -0.39 is 6.36 Å². The Morgan fingerprint density at radius 1 is 0.943 bits per heavy atom. The molecule has 0 spiro atoms. The van der Waals surface area contributed by atoms with Crippen LogP contribution in [0, 0.1) is 13.8 Å². The van der Waals surface area contributed by atoms with Crippen molar-refractivity contribution in [1.29, 1.82) is 0 Å². The van der Waals surface area contributed by atoms with Gasteiger partial charge in [0.2, 0.25) is 0 Å². The summed E-state index contributed by atoms with van der Waals surface area (Å²) in [5, 5.41) is 12.0. The van der Waals surface area contributed by atoms with Crippen LogP contribution in [0.25, 0.3) is 0 Å². The number of para-hydroxylation sites is 1. The first-order valence-corrected chi connectivity index (χ1v) is 10.9. The molecule has 0 saturated heterocycles. The van der Waals surface area contributed by atoms with Crippen LogP contribution in [0.2, 0.25) is 0 Å². The van der Waals surface area contributed by atoms with Crippen molar-refractivity contribution in [2.24, 2.45) is 10.2 Å². The lowest BCUT2D eigenvalue weighted by Crippen LogP contribution is -2.24. The van der Waals surface area contributed by atoms with E-state index in [1.807, 2.05) is 56.3 Å². The van der Waals surface area contributed by atoms with E-state index >= 15 is 0 Å². The molecule has 10 heteroatoms. The summed E-state index contributed by atoms with van der Waals surface area (Å²) >= 11 is 5.30. The third-order valence-corrected chi connectivity index (χ3v) is 5.06. The van der Waals surface area contributed by atoms with E-state index in [0.717, 1.165) is 28.1 Å². The molecular formula is C25H24F3N5OS.